The molecule has 4 N–H and O–H groups in total. The molecule has 4 rings (SSSR count). The van der Waals surface area contributed by atoms with Gasteiger partial charge in [-0.2, -0.15) is 5.10 Å². The SMILES string of the molecule is O=C(NCC1Cc2c(C(=O)Nc3ccccc3)n[nH]c2CO1)c1cc[nH]c1. The number of aromatic nitrogens is 3. The first-order valence-corrected chi connectivity index (χ1v) is 8.66. The van der Waals surface area contributed by atoms with E-state index < -0.39 is 0 Å². The summed E-state index contributed by atoms with van der Waals surface area (Å²) in [5, 5.41) is 12.7. The molecule has 138 valence electrons. The van der Waals surface area contributed by atoms with Crippen LogP contribution < -0.4 is 10.6 Å². The minimum absolute atomic E-state index is 0.167. The number of carbonyl (C=O) groups excluding carboxylic acids is 2. The van der Waals surface area contributed by atoms with Gasteiger partial charge in [0.1, 0.15) is 0 Å². The highest BCUT2D eigenvalue weighted by molar-refractivity contribution is 6.04. The van der Waals surface area contributed by atoms with E-state index in [-0.39, 0.29) is 17.9 Å². The minimum Gasteiger partial charge on any atom is -0.370 e. The van der Waals surface area contributed by atoms with Crippen molar-refractivity contribution in [3.63, 3.8) is 0 Å². The highest BCUT2D eigenvalue weighted by Gasteiger charge is 2.27. The van der Waals surface area contributed by atoms with Crippen LogP contribution in [0.2, 0.25) is 0 Å². The van der Waals surface area contributed by atoms with E-state index in [9.17, 15) is 9.59 Å². The van der Waals surface area contributed by atoms with Crippen LogP contribution in [-0.4, -0.2) is 39.6 Å². The molecule has 1 aromatic carbocycles. The number of rotatable bonds is 5. The normalized spacial score (nSPS) is 15.8. The molecule has 27 heavy (non-hydrogen) atoms. The summed E-state index contributed by atoms with van der Waals surface area (Å²) < 4.78 is 5.76. The lowest BCUT2D eigenvalue weighted by atomic mass is 10.0. The Balaban J connectivity index is 1.41. The molecule has 3 aromatic rings. The van der Waals surface area contributed by atoms with Gasteiger partial charge in [0.25, 0.3) is 11.8 Å². The Morgan fingerprint density at radius 2 is 2.04 bits per heavy atom. The monoisotopic (exact) mass is 365 g/mol. The standard InChI is InChI=1S/C19H19N5O3/c25-18(12-6-7-20-9-12)21-10-14-8-15-16(11-27-14)23-24-17(15)19(26)22-13-4-2-1-3-5-13/h1-7,9,14,20H,8,10-11H2,(H,21,25)(H,22,26)(H,23,24). The fourth-order valence-electron chi connectivity index (χ4n) is 3.03. The zero-order valence-corrected chi connectivity index (χ0v) is 14.5. The third kappa shape index (κ3) is 3.75. The summed E-state index contributed by atoms with van der Waals surface area (Å²) in [7, 11) is 0. The fraction of sp³-hybridized carbons (Fsp3) is 0.211. The highest BCUT2D eigenvalue weighted by Crippen LogP contribution is 2.22. The summed E-state index contributed by atoms with van der Waals surface area (Å²) in [6, 6.07) is 10.9. The van der Waals surface area contributed by atoms with Gasteiger partial charge in [-0.1, -0.05) is 18.2 Å². The van der Waals surface area contributed by atoms with Gasteiger partial charge in [0.2, 0.25) is 0 Å². The predicted octanol–water partition coefficient (Wildman–Crippen LogP) is 1.86. The van der Waals surface area contributed by atoms with Crippen molar-refractivity contribution >= 4 is 17.5 Å². The topological polar surface area (TPSA) is 112 Å². The maximum absolute atomic E-state index is 12.6. The molecule has 0 bridgehead atoms. The van der Waals surface area contributed by atoms with Crippen molar-refractivity contribution in [2.24, 2.45) is 0 Å². The number of anilines is 1. The molecular weight excluding hydrogens is 346 g/mol. The second kappa shape index (κ2) is 7.46. The van der Waals surface area contributed by atoms with Crippen LogP contribution in [0.5, 0.6) is 0 Å². The van der Waals surface area contributed by atoms with E-state index in [0.29, 0.717) is 36.5 Å². The third-order valence-electron chi connectivity index (χ3n) is 4.45. The molecule has 0 aliphatic carbocycles. The summed E-state index contributed by atoms with van der Waals surface area (Å²) in [5.41, 5.74) is 3.26. The Morgan fingerprint density at radius 3 is 2.81 bits per heavy atom. The molecule has 0 saturated heterocycles. The van der Waals surface area contributed by atoms with Gasteiger partial charge in [0.15, 0.2) is 5.69 Å². The largest absolute Gasteiger partial charge is 0.370 e. The molecule has 3 heterocycles. The molecule has 8 nitrogen and oxygen atoms in total. The lowest BCUT2D eigenvalue weighted by Crippen LogP contribution is -2.37. The van der Waals surface area contributed by atoms with Crippen LogP contribution in [0.1, 0.15) is 32.1 Å². The zero-order chi connectivity index (χ0) is 18.6. The van der Waals surface area contributed by atoms with E-state index in [4.69, 9.17) is 4.74 Å². The van der Waals surface area contributed by atoms with Crippen molar-refractivity contribution in [1.29, 1.82) is 0 Å². The van der Waals surface area contributed by atoms with E-state index in [1.165, 1.54) is 0 Å². The molecule has 8 heteroatoms. The van der Waals surface area contributed by atoms with Crippen molar-refractivity contribution in [1.82, 2.24) is 20.5 Å². The average Bonchev–Trinajstić information content (AvgIpc) is 3.36. The lowest BCUT2D eigenvalue weighted by molar-refractivity contribution is 0.0266. The number of nitrogens with zero attached hydrogens (tertiary/aromatic N) is 1. The van der Waals surface area contributed by atoms with Gasteiger partial charge in [0.05, 0.1) is 24.0 Å². The van der Waals surface area contributed by atoms with E-state index in [1.54, 1.807) is 18.5 Å². The van der Waals surface area contributed by atoms with E-state index >= 15 is 0 Å². The number of H-pyrrole nitrogens is 2. The Labute approximate surface area is 155 Å². The highest BCUT2D eigenvalue weighted by atomic mass is 16.5. The molecule has 1 aliphatic rings. The van der Waals surface area contributed by atoms with Crippen LogP contribution in [-0.2, 0) is 17.8 Å². The molecule has 2 aromatic heterocycles. The third-order valence-corrected chi connectivity index (χ3v) is 4.45. The molecule has 2 amide bonds. The Hall–Kier alpha value is -3.39. The van der Waals surface area contributed by atoms with Gasteiger partial charge < -0.3 is 20.4 Å². The van der Waals surface area contributed by atoms with Crippen LogP contribution in [0.4, 0.5) is 5.69 Å². The number of nitrogens with one attached hydrogen (secondary N) is 4. The van der Waals surface area contributed by atoms with Gasteiger partial charge in [-0.25, -0.2) is 0 Å². The molecule has 1 aliphatic heterocycles. The summed E-state index contributed by atoms with van der Waals surface area (Å²) in [6.45, 7) is 0.681. The summed E-state index contributed by atoms with van der Waals surface area (Å²) in [6.07, 6.45) is 3.61. The number of amides is 2. The number of para-hydroxylation sites is 1. The maximum Gasteiger partial charge on any atom is 0.276 e. The van der Waals surface area contributed by atoms with Gasteiger partial charge in [-0.05, 0) is 18.2 Å². The zero-order valence-electron chi connectivity index (χ0n) is 14.5. The van der Waals surface area contributed by atoms with E-state index in [1.807, 2.05) is 30.3 Å². The number of ether oxygens (including phenoxy) is 1. The quantitative estimate of drug-likeness (QED) is 0.553. The first kappa shape index (κ1) is 17.0. The van der Waals surface area contributed by atoms with Crippen molar-refractivity contribution in [2.45, 2.75) is 19.1 Å². The van der Waals surface area contributed by atoms with Crippen molar-refractivity contribution in [2.75, 3.05) is 11.9 Å². The fourth-order valence-corrected chi connectivity index (χ4v) is 3.03. The summed E-state index contributed by atoms with van der Waals surface area (Å²) in [4.78, 5) is 27.5. The van der Waals surface area contributed by atoms with E-state index in [0.717, 1.165) is 11.3 Å². The predicted molar refractivity (Wildman–Crippen MR) is 98.4 cm³/mol. The van der Waals surface area contributed by atoms with Crippen LogP contribution in [0.15, 0.2) is 48.8 Å². The molecule has 0 saturated carbocycles. The molecule has 0 radical (unpaired) electrons. The second-order valence-electron chi connectivity index (χ2n) is 6.30. The van der Waals surface area contributed by atoms with Crippen molar-refractivity contribution in [3.05, 3.63) is 71.3 Å². The van der Waals surface area contributed by atoms with Gasteiger partial charge in [0, 0.05) is 36.6 Å². The number of benzene rings is 1. The number of hydrogen-bond donors (Lipinski definition) is 4. The Kier molecular flexibility index (Phi) is 4.71. The van der Waals surface area contributed by atoms with E-state index in [2.05, 4.69) is 25.8 Å². The van der Waals surface area contributed by atoms with Crippen LogP contribution >= 0.6 is 0 Å². The number of carbonyl (C=O) groups is 2. The Morgan fingerprint density at radius 1 is 1.19 bits per heavy atom. The van der Waals surface area contributed by atoms with Gasteiger partial charge >= 0.3 is 0 Å². The van der Waals surface area contributed by atoms with Crippen LogP contribution in [0.25, 0.3) is 0 Å². The first-order chi connectivity index (χ1) is 13.2. The van der Waals surface area contributed by atoms with Crippen molar-refractivity contribution < 1.29 is 14.3 Å². The smallest absolute Gasteiger partial charge is 0.276 e. The van der Waals surface area contributed by atoms with Gasteiger partial charge in [-0.3, -0.25) is 14.7 Å². The molecule has 1 atom stereocenters. The molecule has 1 unspecified atom stereocenters. The first-order valence-electron chi connectivity index (χ1n) is 8.66. The maximum atomic E-state index is 12.6. The summed E-state index contributed by atoms with van der Waals surface area (Å²) in [5.74, 6) is -0.435. The second-order valence-corrected chi connectivity index (χ2v) is 6.30. The van der Waals surface area contributed by atoms with Crippen LogP contribution in [0.3, 0.4) is 0 Å². The summed E-state index contributed by atoms with van der Waals surface area (Å²) >= 11 is 0. The molecule has 0 spiro atoms. The number of aromatic amines is 2. The van der Waals surface area contributed by atoms with Gasteiger partial charge in [-0.15, -0.1) is 0 Å². The van der Waals surface area contributed by atoms with Crippen LogP contribution in [0, 0.1) is 0 Å². The average molecular weight is 365 g/mol. The number of hydrogen-bond acceptors (Lipinski definition) is 4. The molecule has 0 fully saturated rings. The Bertz CT molecular complexity index is 934. The molecular formula is C19H19N5O3. The van der Waals surface area contributed by atoms with Crippen molar-refractivity contribution in [3.8, 4) is 0 Å². The number of fused-ring (bicyclic) bond motifs is 1. The minimum atomic E-state index is -0.268. The lowest BCUT2D eigenvalue weighted by Gasteiger charge is -2.23.